The average Bonchev–Trinajstić information content (AvgIpc) is 3.39. The van der Waals surface area contributed by atoms with E-state index in [9.17, 15) is 23.0 Å². The van der Waals surface area contributed by atoms with Gasteiger partial charge in [-0.1, -0.05) is 43.9 Å². The third-order valence-corrected chi connectivity index (χ3v) is 10.8. The molecule has 0 aliphatic carbocycles. The van der Waals surface area contributed by atoms with Crippen LogP contribution in [-0.2, 0) is 10.0 Å². The molecule has 0 amide bonds. The molecule has 0 spiro atoms. The van der Waals surface area contributed by atoms with Gasteiger partial charge in [0.05, 0.1) is 20.3 Å². The van der Waals surface area contributed by atoms with Crippen molar-refractivity contribution in [2.24, 2.45) is 0 Å². The molecular formula is C29H36FN5O6SSi. The van der Waals surface area contributed by atoms with Crippen LogP contribution in [0.25, 0.3) is 17.2 Å². The number of aromatic nitrogens is 4. The highest BCUT2D eigenvalue weighted by Crippen LogP contribution is 2.39. The van der Waals surface area contributed by atoms with Crippen LogP contribution >= 0.6 is 0 Å². The van der Waals surface area contributed by atoms with E-state index in [0.717, 1.165) is 16.4 Å². The van der Waals surface area contributed by atoms with Crippen LogP contribution in [0.4, 0.5) is 10.3 Å². The molecule has 11 nitrogen and oxygen atoms in total. The first kappa shape index (κ1) is 31.9. The summed E-state index contributed by atoms with van der Waals surface area (Å²) in [5.74, 6) is -0.216. The largest absolute Gasteiger partial charge is 0.506 e. The van der Waals surface area contributed by atoms with Gasteiger partial charge in [-0.05, 0) is 48.9 Å². The van der Waals surface area contributed by atoms with Crippen molar-refractivity contribution in [1.29, 1.82) is 0 Å². The zero-order chi connectivity index (χ0) is 31.5. The van der Waals surface area contributed by atoms with Crippen molar-refractivity contribution >= 4 is 24.0 Å². The Labute approximate surface area is 251 Å². The van der Waals surface area contributed by atoms with Crippen LogP contribution < -0.4 is 13.8 Å². The molecule has 2 heterocycles. The Morgan fingerprint density at radius 1 is 1.00 bits per heavy atom. The Hall–Kier alpha value is -4.01. The molecule has 230 valence electrons. The van der Waals surface area contributed by atoms with Crippen molar-refractivity contribution in [3.8, 4) is 34.6 Å². The van der Waals surface area contributed by atoms with Crippen LogP contribution in [0.15, 0.2) is 60.7 Å². The Morgan fingerprint density at radius 2 is 1.67 bits per heavy atom. The van der Waals surface area contributed by atoms with Crippen molar-refractivity contribution in [3.63, 3.8) is 0 Å². The molecule has 43 heavy (non-hydrogen) atoms. The lowest BCUT2D eigenvalue weighted by molar-refractivity contribution is 0.175. The Bertz CT molecular complexity index is 1680. The molecule has 4 aromatic rings. The highest BCUT2D eigenvalue weighted by atomic mass is 32.2. The topological polar surface area (TPSA) is 140 Å². The Balaban J connectivity index is 1.97. The van der Waals surface area contributed by atoms with E-state index in [1.54, 1.807) is 30.3 Å². The van der Waals surface area contributed by atoms with Crippen LogP contribution in [0.5, 0.6) is 17.4 Å². The van der Waals surface area contributed by atoms with Crippen molar-refractivity contribution in [2.45, 2.75) is 44.0 Å². The number of aliphatic hydroxyl groups excluding tert-OH is 1. The molecule has 2 aromatic heterocycles. The number of hydrogen-bond donors (Lipinski definition) is 2. The second-order valence-corrected chi connectivity index (χ2v) is 19.0. The number of ether oxygens (including phenoxy) is 2. The summed E-state index contributed by atoms with van der Waals surface area (Å²) in [6.45, 7) is 7.74. The number of aliphatic hydroxyl groups is 1. The molecule has 0 bridgehead atoms. The van der Waals surface area contributed by atoms with E-state index in [0.29, 0.717) is 11.7 Å². The van der Waals surface area contributed by atoms with Gasteiger partial charge in [-0.15, -0.1) is 10.2 Å². The SMILES string of the molecule is COc1cccc(-c2nnc(N(CC[Si](C)(C)C)S(=O)(=O)[C@@H](C)[C@H](O)c3ccc(F)cc3)n2-c2c(O)cccc2OC)n1. The maximum atomic E-state index is 14.4. The summed E-state index contributed by atoms with van der Waals surface area (Å²) < 4.78 is 55.7. The number of halogens is 1. The minimum Gasteiger partial charge on any atom is -0.506 e. The second-order valence-electron chi connectivity index (χ2n) is 11.2. The van der Waals surface area contributed by atoms with Crippen LogP contribution in [0, 0.1) is 5.82 Å². The van der Waals surface area contributed by atoms with Gasteiger partial charge in [-0.2, -0.15) is 0 Å². The van der Waals surface area contributed by atoms with Gasteiger partial charge in [0, 0.05) is 20.7 Å². The van der Waals surface area contributed by atoms with Gasteiger partial charge in [-0.3, -0.25) is 4.57 Å². The highest BCUT2D eigenvalue weighted by molar-refractivity contribution is 7.93. The Kier molecular flexibility index (Phi) is 9.42. The normalized spacial score (nSPS) is 13.4. The van der Waals surface area contributed by atoms with E-state index in [4.69, 9.17) is 9.47 Å². The number of sulfonamides is 1. The predicted molar refractivity (Wildman–Crippen MR) is 165 cm³/mol. The summed E-state index contributed by atoms with van der Waals surface area (Å²) in [5.41, 5.74) is 0.641. The summed E-state index contributed by atoms with van der Waals surface area (Å²) in [7, 11) is -3.30. The molecule has 2 N–H and O–H groups in total. The van der Waals surface area contributed by atoms with E-state index >= 15 is 0 Å². The third-order valence-electron chi connectivity index (χ3n) is 6.95. The van der Waals surface area contributed by atoms with Gasteiger partial charge >= 0.3 is 0 Å². The molecule has 0 saturated carbocycles. The fourth-order valence-corrected chi connectivity index (χ4v) is 7.07. The van der Waals surface area contributed by atoms with E-state index in [1.165, 1.54) is 43.9 Å². The predicted octanol–water partition coefficient (Wildman–Crippen LogP) is 4.79. The van der Waals surface area contributed by atoms with Crippen LogP contribution in [-0.4, -0.2) is 72.5 Å². The maximum absolute atomic E-state index is 14.4. The van der Waals surface area contributed by atoms with E-state index in [1.807, 2.05) is 0 Å². The number of para-hydroxylation sites is 1. The lowest BCUT2D eigenvalue weighted by atomic mass is 10.1. The number of aromatic hydroxyl groups is 1. The molecular weight excluding hydrogens is 593 g/mol. The van der Waals surface area contributed by atoms with Gasteiger partial charge in [0.1, 0.15) is 33.9 Å². The molecule has 0 saturated heterocycles. The summed E-state index contributed by atoms with van der Waals surface area (Å²) >= 11 is 0. The fraction of sp³-hybridized carbons (Fsp3) is 0.345. The van der Waals surface area contributed by atoms with Crippen molar-refractivity contribution in [1.82, 2.24) is 19.7 Å². The summed E-state index contributed by atoms with van der Waals surface area (Å²) in [4.78, 5) is 4.46. The number of benzene rings is 2. The first-order valence-electron chi connectivity index (χ1n) is 13.6. The zero-order valence-corrected chi connectivity index (χ0v) is 26.7. The molecule has 2 aromatic carbocycles. The molecule has 14 heteroatoms. The molecule has 0 aliphatic heterocycles. The molecule has 4 rings (SSSR count). The molecule has 0 aliphatic rings. The molecule has 0 radical (unpaired) electrons. The van der Waals surface area contributed by atoms with E-state index < -0.39 is 35.3 Å². The monoisotopic (exact) mass is 629 g/mol. The minimum absolute atomic E-state index is 0.0259. The van der Waals surface area contributed by atoms with Gasteiger partial charge in [0.2, 0.25) is 21.9 Å². The highest BCUT2D eigenvalue weighted by Gasteiger charge is 2.39. The smallest absolute Gasteiger partial charge is 0.246 e. The quantitative estimate of drug-likeness (QED) is 0.212. The van der Waals surface area contributed by atoms with E-state index in [2.05, 4.69) is 34.8 Å². The molecule has 0 fully saturated rings. The number of phenolic OH excluding ortho intramolecular Hbond substituents is 1. The first-order valence-corrected chi connectivity index (χ1v) is 18.8. The third kappa shape index (κ3) is 6.81. The van der Waals surface area contributed by atoms with Gasteiger partial charge < -0.3 is 19.7 Å². The lowest BCUT2D eigenvalue weighted by Crippen LogP contribution is -2.44. The standard InChI is InChI=1S/C29H36FN5O6SSi/c1-19(27(37)20-13-15-21(30)16-14-20)42(38,39)34(17-18-43(4,5)6)29-33-32-28(22-9-7-12-25(31-22)41-3)35(29)26-23(36)10-8-11-24(26)40-2/h7-16,19,27,36-37H,17-18H2,1-6H3/t19-,27-/m0/s1. The molecule has 0 unspecified atom stereocenters. The van der Waals surface area contributed by atoms with Gasteiger partial charge in [0.25, 0.3) is 0 Å². The summed E-state index contributed by atoms with van der Waals surface area (Å²) in [6, 6.07) is 15.2. The second kappa shape index (κ2) is 12.7. The summed E-state index contributed by atoms with van der Waals surface area (Å²) in [6.07, 6.45) is -1.48. The number of anilines is 1. The Morgan fingerprint density at radius 3 is 2.30 bits per heavy atom. The van der Waals surface area contributed by atoms with Gasteiger partial charge in [-0.25, -0.2) is 22.1 Å². The number of rotatable bonds is 12. The zero-order valence-electron chi connectivity index (χ0n) is 24.9. The number of hydrogen-bond acceptors (Lipinski definition) is 9. The number of pyridine rings is 1. The average molecular weight is 630 g/mol. The van der Waals surface area contributed by atoms with Crippen LogP contribution in [0.2, 0.25) is 25.7 Å². The van der Waals surface area contributed by atoms with Crippen LogP contribution in [0.3, 0.4) is 0 Å². The summed E-state index contributed by atoms with van der Waals surface area (Å²) in [5, 5.41) is 29.5. The van der Waals surface area contributed by atoms with Crippen molar-refractivity contribution in [2.75, 3.05) is 25.1 Å². The van der Waals surface area contributed by atoms with E-state index in [-0.39, 0.29) is 46.9 Å². The first-order chi connectivity index (χ1) is 20.3. The van der Waals surface area contributed by atoms with Gasteiger partial charge in [0.15, 0.2) is 5.82 Å². The van der Waals surface area contributed by atoms with Crippen molar-refractivity contribution in [3.05, 3.63) is 72.0 Å². The fourth-order valence-electron chi connectivity index (χ4n) is 4.44. The number of nitrogens with zero attached hydrogens (tertiary/aromatic N) is 5. The lowest BCUT2D eigenvalue weighted by Gasteiger charge is -2.31. The number of methoxy groups -OCH3 is 2. The minimum atomic E-state index is -4.36. The number of phenols is 1. The maximum Gasteiger partial charge on any atom is 0.246 e. The van der Waals surface area contributed by atoms with Crippen LogP contribution in [0.1, 0.15) is 18.6 Å². The molecule has 2 atom stereocenters. The van der Waals surface area contributed by atoms with Crippen molar-refractivity contribution < 1.29 is 32.5 Å².